The van der Waals surface area contributed by atoms with Crippen LogP contribution in [0.2, 0.25) is 0 Å². The lowest BCUT2D eigenvalue weighted by atomic mass is 9.95. The van der Waals surface area contributed by atoms with Crippen molar-refractivity contribution >= 4 is 12.0 Å². The van der Waals surface area contributed by atoms with Crippen molar-refractivity contribution < 1.29 is 23.8 Å². The van der Waals surface area contributed by atoms with Gasteiger partial charge < -0.3 is 24.8 Å². The molecular weight excluding hydrogens is 374 g/mol. The lowest BCUT2D eigenvalue weighted by Crippen LogP contribution is -2.49. The van der Waals surface area contributed by atoms with Gasteiger partial charge in [0.2, 0.25) is 0 Å². The summed E-state index contributed by atoms with van der Waals surface area (Å²) in [6.07, 6.45) is 0.0644. The topological polar surface area (TPSA) is 89.1 Å². The first-order valence-corrected chi connectivity index (χ1v) is 10.0. The standard InChI is InChI=1S/C21H29N3O5/c1-4-28-20(25)18-17(13-24-9-11-27-12-10-24)22-21(26)23-19(18)15-5-7-16(8-6-15)29-14(2)3/h5-8,14,19H,4,9-13H2,1-3H3,(H2,22,23,26). The van der Waals surface area contributed by atoms with E-state index in [9.17, 15) is 9.59 Å². The Kier molecular flexibility index (Phi) is 7.11. The molecule has 0 saturated carbocycles. The Morgan fingerprint density at radius 1 is 1.24 bits per heavy atom. The molecule has 0 aromatic heterocycles. The van der Waals surface area contributed by atoms with Gasteiger partial charge in [0.05, 0.1) is 37.5 Å². The monoisotopic (exact) mass is 403 g/mol. The van der Waals surface area contributed by atoms with Crippen molar-refractivity contribution in [3.8, 4) is 5.75 Å². The maximum absolute atomic E-state index is 12.8. The number of carbonyl (C=O) groups is 2. The Balaban J connectivity index is 1.92. The summed E-state index contributed by atoms with van der Waals surface area (Å²) >= 11 is 0. The number of rotatable bonds is 7. The van der Waals surface area contributed by atoms with E-state index >= 15 is 0 Å². The van der Waals surface area contributed by atoms with Crippen molar-refractivity contribution in [2.24, 2.45) is 0 Å². The quantitative estimate of drug-likeness (QED) is 0.677. The van der Waals surface area contributed by atoms with Gasteiger partial charge >= 0.3 is 12.0 Å². The van der Waals surface area contributed by atoms with Gasteiger partial charge in [0.15, 0.2) is 0 Å². The number of hydrogen-bond donors (Lipinski definition) is 2. The van der Waals surface area contributed by atoms with Crippen LogP contribution in [0.5, 0.6) is 5.75 Å². The van der Waals surface area contributed by atoms with Gasteiger partial charge in [-0.1, -0.05) is 12.1 Å². The highest BCUT2D eigenvalue weighted by atomic mass is 16.5. The number of morpholine rings is 1. The van der Waals surface area contributed by atoms with Crippen LogP contribution in [0.15, 0.2) is 35.5 Å². The molecule has 0 spiro atoms. The number of nitrogens with zero attached hydrogens (tertiary/aromatic N) is 1. The molecule has 1 fully saturated rings. The maximum atomic E-state index is 12.8. The highest BCUT2D eigenvalue weighted by molar-refractivity contribution is 5.95. The van der Waals surface area contributed by atoms with E-state index in [0.717, 1.165) is 24.4 Å². The third-order valence-corrected chi connectivity index (χ3v) is 4.72. The van der Waals surface area contributed by atoms with Gasteiger partial charge in [0.1, 0.15) is 5.75 Å². The van der Waals surface area contributed by atoms with Crippen LogP contribution in [0.4, 0.5) is 4.79 Å². The van der Waals surface area contributed by atoms with Crippen LogP contribution in [0.1, 0.15) is 32.4 Å². The van der Waals surface area contributed by atoms with E-state index in [1.165, 1.54) is 0 Å². The van der Waals surface area contributed by atoms with Crippen molar-refractivity contribution in [1.29, 1.82) is 0 Å². The third kappa shape index (κ3) is 5.48. The van der Waals surface area contributed by atoms with Crippen LogP contribution < -0.4 is 15.4 Å². The van der Waals surface area contributed by atoms with E-state index in [1.54, 1.807) is 6.92 Å². The van der Waals surface area contributed by atoms with Gasteiger partial charge in [-0.2, -0.15) is 0 Å². The summed E-state index contributed by atoms with van der Waals surface area (Å²) in [5.74, 6) is 0.301. The molecule has 1 unspecified atom stereocenters. The number of amides is 2. The minimum absolute atomic E-state index is 0.0644. The number of esters is 1. The molecule has 8 heteroatoms. The zero-order chi connectivity index (χ0) is 20.8. The second kappa shape index (κ2) is 9.76. The fourth-order valence-electron chi connectivity index (χ4n) is 3.44. The average Bonchev–Trinajstić information content (AvgIpc) is 2.68. The number of benzene rings is 1. The molecule has 0 radical (unpaired) electrons. The fourth-order valence-corrected chi connectivity index (χ4v) is 3.44. The molecule has 1 atom stereocenters. The minimum Gasteiger partial charge on any atom is -0.491 e. The molecule has 0 bridgehead atoms. The molecule has 29 heavy (non-hydrogen) atoms. The number of carbonyl (C=O) groups excluding carboxylic acids is 2. The zero-order valence-corrected chi connectivity index (χ0v) is 17.2. The van der Waals surface area contributed by atoms with Gasteiger partial charge in [0.25, 0.3) is 0 Å². The summed E-state index contributed by atoms with van der Waals surface area (Å²) in [7, 11) is 0. The number of urea groups is 1. The van der Waals surface area contributed by atoms with Crippen LogP contribution in [0, 0.1) is 0 Å². The molecule has 2 N–H and O–H groups in total. The highest BCUT2D eigenvalue weighted by Gasteiger charge is 2.34. The minimum atomic E-state index is -0.591. The molecular formula is C21H29N3O5. The van der Waals surface area contributed by atoms with Crippen LogP contribution in [-0.4, -0.2) is 62.5 Å². The van der Waals surface area contributed by atoms with Gasteiger partial charge in [0, 0.05) is 25.3 Å². The summed E-state index contributed by atoms with van der Waals surface area (Å²) in [4.78, 5) is 27.3. The fraction of sp³-hybridized carbons (Fsp3) is 0.524. The second-order valence-electron chi connectivity index (χ2n) is 7.27. The predicted molar refractivity (Wildman–Crippen MR) is 108 cm³/mol. The first-order chi connectivity index (χ1) is 14.0. The Bertz CT molecular complexity index is 754. The summed E-state index contributed by atoms with van der Waals surface area (Å²) in [5, 5.41) is 5.67. The third-order valence-electron chi connectivity index (χ3n) is 4.72. The van der Waals surface area contributed by atoms with Crippen LogP contribution in [-0.2, 0) is 14.3 Å². The summed E-state index contributed by atoms with van der Waals surface area (Å²) in [6.45, 7) is 9.15. The Morgan fingerprint density at radius 3 is 2.55 bits per heavy atom. The maximum Gasteiger partial charge on any atom is 0.338 e. The van der Waals surface area contributed by atoms with Crippen molar-refractivity contribution in [1.82, 2.24) is 15.5 Å². The van der Waals surface area contributed by atoms with Crippen molar-refractivity contribution in [3.05, 3.63) is 41.1 Å². The molecule has 1 saturated heterocycles. The number of hydrogen-bond acceptors (Lipinski definition) is 6. The Hall–Kier alpha value is -2.58. The lowest BCUT2D eigenvalue weighted by Gasteiger charge is -2.33. The van der Waals surface area contributed by atoms with E-state index in [2.05, 4.69) is 15.5 Å². The van der Waals surface area contributed by atoms with Crippen molar-refractivity contribution in [3.63, 3.8) is 0 Å². The molecule has 0 aliphatic carbocycles. The molecule has 1 aromatic carbocycles. The molecule has 1 aromatic rings. The lowest BCUT2D eigenvalue weighted by molar-refractivity contribution is -0.139. The van der Waals surface area contributed by atoms with Crippen molar-refractivity contribution in [2.75, 3.05) is 39.5 Å². The molecule has 2 heterocycles. The Morgan fingerprint density at radius 2 is 1.93 bits per heavy atom. The van der Waals surface area contributed by atoms with Gasteiger partial charge in [-0.15, -0.1) is 0 Å². The van der Waals surface area contributed by atoms with Gasteiger partial charge in [-0.25, -0.2) is 9.59 Å². The number of nitrogens with one attached hydrogen (secondary N) is 2. The van der Waals surface area contributed by atoms with E-state index in [-0.39, 0.29) is 18.7 Å². The van der Waals surface area contributed by atoms with Crippen LogP contribution >= 0.6 is 0 Å². The predicted octanol–water partition coefficient (Wildman–Crippen LogP) is 1.98. The molecule has 2 amide bonds. The van der Waals surface area contributed by atoms with E-state index in [4.69, 9.17) is 14.2 Å². The summed E-state index contributed by atoms with van der Waals surface area (Å²) in [6, 6.07) is 6.47. The average molecular weight is 403 g/mol. The molecule has 8 nitrogen and oxygen atoms in total. The SMILES string of the molecule is CCOC(=O)C1=C(CN2CCOCC2)NC(=O)NC1c1ccc(OC(C)C)cc1. The molecule has 2 aliphatic heterocycles. The van der Waals surface area contributed by atoms with E-state index < -0.39 is 12.0 Å². The largest absolute Gasteiger partial charge is 0.491 e. The highest BCUT2D eigenvalue weighted by Crippen LogP contribution is 2.29. The molecule has 158 valence electrons. The zero-order valence-electron chi connectivity index (χ0n) is 17.2. The molecule has 3 rings (SSSR count). The van der Waals surface area contributed by atoms with Gasteiger partial charge in [-0.3, -0.25) is 4.90 Å². The van der Waals surface area contributed by atoms with Crippen molar-refractivity contribution in [2.45, 2.75) is 32.9 Å². The normalized spacial score (nSPS) is 20.3. The molecule has 2 aliphatic rings. The second-order valence-corrected chi connectivity index (χ2v) is 7.27. The first kappa shape index (κ1) is 21.1. The smallest absolute Gasteiger partial charge is 0.338 e. The van der Waals surface area contributed by atoms with E-state index in [1.807, 2.05) is 38.1 Å². The summed E-state index contributed by atoms with van der Waals surface area (Å²) < 4.78 is 16.4. The summed E-state index contributed by atoms with van der Waals surface area (Å²) in [5.41, 5.74) is 1.79. The van der Waals surface area contributed by atoms with Crippen LogP contribution in [0.3, 0.4) is 0 Å². The van der Waals surface area contributed by atoms with E-state index in [0.29, 0.717) is 31.0 Å². The number of ether oxygens (including phenoxy) is 3. The van der Waals surface area contributed by atoms with Crippen LogP contribution in [0.25, 0.3) is 0 Å². The van der Waals surface area contributed by atoms with Gasteiger partial charge in [-0.05, 0) is 38.5 Å². The first-order valence-electron chi connectivity index (χ1n) is 10.0. The Labute approximate surface area is 171 Å².